The molecule has 0 aromatic heterocycles. The van der Waals surface area contributed by atoms with Crippen molar-refractivity contribution < 1.29 is 0 Å². The van der Waals surface area contributed by atoms with E-state index in [-0.39, 0.29) is 0 Å². The van der Waals surface area contributed by atoms with Crippen LogP contribution in [0.1, 0.15) is 65.7 Å². The smallest absolute Gasteiger partial charge is 0.0114 e. The van der Waals surface area contributed by atoms with Gasteiger partial charge in [-0.25, -0.2) is 0 Å². The molecule has 18 heavy (non-hydrogen) atoms. The van der Waals surface area contributed by atoms with Gasteiger partial charge >= 0.3 is 0 Å². The van der Waals surface area contributed by atoms with Crippen LogP contribution in [0.2, 0.25) is 0 Å². The van der Waals surface area contributed by atoms with Crippen molar-refractivity contribution in [1.29, 1.82) is 0 Å². The molecule has 106 valence electrons. The Balaban J connectivity index is 1.77. The molecule has 2 rings (SSSR count). The van der Waals surface area contributed by atoms with Crippen molar-refractivity contribution in [3.63, 3.8) is 0 Å². The third-order valence-electron chi connectivity index (χ3n) is 4.54. The summed E-state index contributed by atoms with van der Waals surface area (Å²) in [5.74, 6) is 0.849. The summed E-state index contributed by atoms with van der Waals surface area (Å²) in [5.41, 5.74) is 0. The normalized spacial score (nSPS) is 28.5. The Hall–Kier alpha value is -0.0800. The minimum absolute atomic E-state index is 0.801. The van der Waals surface area contributed by atoms with Crippen LogP contribution >= 0.6 is 0 Å². The maximum absolute atomic E-state index is 3.71. The summed E-state index contributed by atoms with van der Waals surface area (Å²) in [5, 5.41) is 3.71. The maximum Gasteiger partial charge on any atom is 0.0114 e. The topological polar surface area (TPSA) is 15.3 Å². The van der Waals surface area contributed by atoms with Gasteiger partial charge in [0.05, 0.1) is 0 Å². The van der Waals surface area contributed by atoms with Crippen LogP contribution in [0.3, 0.4) is 0 Å². The highest BCUT2D eigenvalue weighted by atomic mass is 15.2. The van der Waals surface area contributed by atoms with Gasteiger partial charge in [0.25, 0.3) is 0 Å². The third-order valence-corrected chi connectivity index (χ3v) is 4.54. The van der Waals surface area contributed by atoms with Crippen LogP contribution in [0.25, 0.3) is 0 Å². The molecule has 2 heteroatoms. The quantitative estimate of drug-likeness (QED) is 0.712. The number of rotatable bonds is 8. The van der Waals surface area contributed by atoms with Gasteiger partial charge in [0.2, 0.25) is 0 Å². The molecule has 2 fully saturated rings. The van der Waals surface area contributed by atoms with Crippen LogP contribution in [-0.4, -0.2) is 36.1 Å². The van der Waals surface area contributed by atoms with Gasteiger partial charge < -0.3 is 5.32 Å². The van der Waals surface area contributed by atoms with Gasteiger partial charge in [0.1, 0.15) is 0 Å². The fourth-order valence-corrected chi connectivity index (χ4v) is 3.27. The summed E-state index contributed by atoms with van der Waals surface area (Å²) in [6.07, 6.45) is 9.78. The standard InChI is InChI=1S/C16H32N2/c1-4-10-17-14-5-6-16(12-14)18(15-7-8-15)11-9-13(2)3/h13-17H,4-12H2,1-3H3. The Bertz CT molecular complexity index is 235. The van der Waals surface area contributed by atoms with E-state index in [4.69, 9.17) is 0 Å². The summed E-state index contributed by atoms with van der Waals surface area (Å²) in [7, 11) is 0. The van der Waals surface area contributed by atoms with Crippen LogP contribution in [-0.2, 0) is 0 Å². The number of hydrogen-bond acceptors (Lipinski definition) is 2. The highest BCUT2D eigenvalue weighted by molar-refractivity contribution is 4.94. The van der Waals surface area contributed by atoms with Gasteiger partial charge in [0.15, 0.2) is 0 Å². The highest BCUT2D eigenvalue weighted by Gasteiger charge is 2.37. The minimum Gasteiger partial charge on any atom is -0.314 e. The number of hydrogen-bond donors (Lipinski definition) is 1. The molecule has 2 aliphatic rings. The van der Waals surface area contributed by atoms with Crippen LogP contribution < -0.4 is 5.32 Å². The molecule has 0 aromatic carbocycles. The molecule has 2 nitrogen and oxygen atoms in total. The van der Waals surface area contributed by atoms with Crippen molar-refractivity contribution in [2.24, 2.45) is 5.92 Å². The fraction of sp³-hybridized carbons (Fsp3) is 1.00. The van der Waals surface area contributed by atoms with Gasteiger partial charge in [-0.3, -0.25) is 4.90 Å². The molecule has 0 saturated heterocycles. The molecule has 2 atom stereocenters. The first-order chi connectivity index (χ1) is 8.70. The Morgan fingerprint density at radius 1 is 1.11 bits per heavy atom. The Kier molecular flexibility index (Phi) is 5.50. The van der Waals surface area contributed by atoms with Gasteiger partial charge in [-0.05, 0) is 64.0 Å². The second kappa shape index (κ2) is 6.91. The van der Waals surface area contributed by atoms with E-state index in [1.165, 1.54) is 58.0 Å². The average molecular weight is 252 g/mol. The van der Waals surface area contributed by atoms with E-state index < -0.39 is 0 Å². The summed E-state index contributed by atoms with van der Waals surface area (Å²) in [6, 6.07) is 2.62. The Morgan fingerprint density at radius 2 is 1.83 bits per heavy atom. The molecule has 0 heterocycles. The molecular formula is C16H32N2. The molecule has 0 spiro atoms. The molecule has 2 aliphatic carbocycles. The predicted octanol–water partition coefficient (Wildman–Crippen LogP) is 3.42. The van der Waals surface area contributed by atoms with Crippen molar-refractivity contribution in [3.05, 3.63) is 0 Å². The lowest BCUT2D eigenvalue weighted by atomic mass is 10.1. The second-order valence-electron chi connectivity index (χ2n) is 6.77. The van der Waals surface area contributed by atoms with E-state index in [1.807, 2.05) is 0 Å². The number of nitrogens with zero attached hydrogens (tertiary/aromatic N) is 1. The maximum atomic E-state index is 3.71. The monoisotopic (exact) mass is 252 g/mol. The van der Waals surface area contributed by atoms with Crippen molar-refractivity contribution in [2.45, 2.75) is 83.8 Å². The first-order valence-electron chi connectivity index (χ1n) is 8.19. The van der Waals surface area contributed by atoms with Gasteiger partial charge in [-0.15, -0.1) is 0 Å². The van der Waals surface area contributed by atoms with E-state index in [0.29, 0.717) is 0 Å². The summed E-state index contributed by atoms with van der Waals surface area (Å²) in [6.45, 7) is 9.51. The van der Waals surface area contributed by atoms with E-state index >= 15 is 0 Å². The summed E-state index contributed by atoms with van der Waals surface area (Å²) in [4.78, 5) is 2.85. The lowest BCUT2D eigenvalue weighted by Crippen LogP contribution is -2.38. The van der Waals surface area contributed by atoms with Crippen molar-refractivity contribution in [3.8, 4) is 0 Å². The Morgan fingerprint density at radius 3 is 2.44 bits per heavy atom. The van der Waals surface area contributed by atoms with E-state index in [0.717, 1.165) is 24.0 Å². The van der Waals surface area contributed by atoms with Crippen LogP contribution in [0.5, 0.6) is 0 Å². The first kappa shape index (κ1) is 14.3. The van der Waals surface area contributed by atoms with E-state index in [9.17, 15) is 0 Å². The van der Waals surface area contributed by atoms with Gasteiger partial charge in [-0.2, -0.15) is 0 Å². The largest absolute Gasteiger partial charge is 0.314 e. The molecule has 0 amide bonds. The highest BCUT2D eigenvalue weighted by Crippen LogP contribution is 2.34. The molecule has 2 unspecified atom stereocenters. The molecule has 0 bridgehead atoms. The molecular weight excluding hydrogens is 220 g/mol. The third kappa shape index (κ3) is 4.24. The lowest BCUT2D eigenvalue weighted by molar-refractivity contribution is 0.176. The minimum atomic E-state index is 0.801. The van der Waals surface area contributed by atoms with Crippen LogP contribution in [0.15, 0.2) is 0 Å². The van der Waals surface area contributed by atoms with Gasteiger partial charge in [0, 0.05) is 18.1 Å². The van der Waals surface area contributed by atoms with Crippen molar-refractivity contribution >= 4 is 0 Å². The molecule has 0 aromatic rings. The summed E-state index contributed by atoms with van der Waals surface area (Å²) < 4.78 is 0. The predicted molar refractivity (Wildman–Crippen MR) is 78.9 cm³/mol. The van der Waals surface area contributed by atoms with Crippen LogP contribution in [0, 0.1) is 5.92 Å². The van der Waals surface area contributed by atoms with E-state index in [2.05, 4.69) is 31.0 Å². The Labute approximate surface area is 114 Å². The fourth-order valence-electron chi connectivity index (χ4n) is 3.27. The zero-order chi connectivity index (χ0) is 13.0. The van der Waals surface area contributed by atoms with Gasteiger partial charge in [-0.1, -0.05) is 20.8 Å². The summed E-state index contributed by atoms with van der Waals surface area (Å²) >= 11 is 0. The average Bonchev–Trinajstić information content (AvgIpc) is 3.06. The zero-order valence-corrected chi connectivity index (χ0v) is 12.6. The molecule has 2 saturated carbocycles. The van der Waals surface area contributed by atoms with E-state index in [1.54, 1.807) is 0 Å². The first-order valence-corrected chi connectivity index (χ1v) is 8.19. The molecule has 0 radical (unpaired) electrons. The second-order valence-corrected chi connectivity index (χ2v) is 6.77. The van der Waals surface area contributed by atoms with Crippen molar-refractivity contribution in [1.82, 2.24) is 10.2 Å². The van der Waals surface area contributed by atoms with Crippen molar-refractivity contribution in [2.75, 3.05) is 13.1 Å². The van der Waals surface area contributed by atoms with Crippen LogP contribution in [0.4, 0.5) is 0 Å². The lowest BCUT2D eigenvalue weighted by Gasteiger charge is -2.30. The molecule has 0 aliphatic heterocycles. The zero-order valence-electron chi connectivity index (χ0n) is 12.6. The molecule has 1 N–H and O–H groups in total. The number of nitrogens with one attached hydrogen (secondary N) is 1. The SMILES string of the molecule is CCCNC1CCC(N(CCC(C)C)C2CC2)C1.